The number of anilines is 2. The predicted octanol–water partition coefficient (Wildman–Crippen LogP) is 4.60. The number of rotatable bonds is 4. The Labute approximate surface area is 169 Å². The van der Waals surface area contributed by atoms with Gasteiger partial charge in [-0.1, -0.05) is 18.2 Å². The van der Waals surface area contributed by atoms with Gasteiger partial charge in [0.1, 0.15) is 11.6 Å². The Morgan fingerprint density at radius 1 is 1.00 bits per heavy atom. The average molecular weight is 411 g/mol. The van der Waals surface area contributed by atoms with E-state index in [4.69, 9.17) is 0 Å². The molecule has 0 fully saturated rings. The average Bonchev–Trinajstić information content (AvgIpc) is 3.11. The summed E-state index contributed by atoms with van der Waals surface area (Å²) >= 11 is 0. The van der Waals surface area contributed by atoms with Crippen LogP contribution in [-0.4, -0.2) is 19.7 Å². The molecule has 3 heterocycles. The summed E-state index contributed by atoms with van der Waals surface area (Å²) in [6.45, 7) is 0. The third-order valence-electron chi connectivity index (χ3n) is 4.54. The highest BCUT2D eigenvalue weighted by molar-refractivity contribution is 5.74. The summed E-state index contributed by atoms with van der Waals surface area (Å²) in [7, 11) is 1.77. The van der Waals surface area contributed by atoms with E-state index < -0.39 is 17.3 Å². The molecule has 9 heteroatoms. The molecule has 2 N–H and O–H groups in total. The minimum Gasteiger partial charge on any atom is -0.325 e. The second-order valence-electron chi connectivity index (χ2n) is 6.59. The summed E-state index contributed by atoms with van der Waals surface area (Å²) in [6.07, 6.45) is -1.35. The van der Waals surface area contributed by atoms with Crippen LogP contribution in [0, 0.1) is 0 Å². The first-order valence-corrected chi connectivity index (χ1v) is 8.94. The molecule has 0 atom stereocenters. The van der Waals surface area contributed by atoms with Crippen molar-refractivity contribution in [2.75, 3.05) is 5.32 Å². The highest BCUT2D eigenvalue weighted by atomic mass is 19.4. The topological polar surface area (TPSA) is 75.6 Å². The normalized spacial score (nSPS) is 11.5. The Morgan fingerprint density at radius 2 is 1.80 bits per heavy atom. The summed E-state index contributed by atoms with van der Waals surface area (Å²) in [5.74, 6) is 1.22. The monoisotopic (exact) mass is 411 g/mol. The van der Waals surface area contributed by atoms with Crippen LogP contribution in [-0.2, 0) is 13.2 Å². The number of H-pyrrole nitrogens is 1. The first kappa shape index (κ1) is 19.4. The van der Waals surface area contributed by atoms with Crippen LogP contribution >= 0.6 is 0 Å². The van der Waals surface area contributed by atoms with Crippen molar-refractivity contribution < 1.29 is 13.2 Å². The maximum atomic E-state index is 13.4. The molecule has 0 aliphatic carbocycles. The highest BCUT2D eigenvalue weighted by Crippen LogP contribution is 2.36. The molecule has 0 amide bonds. The van der Waals surface area contributed by atoms with Crippen LogP contribution < -0.4 is 10.9 Å². The molecule has 1 aromatic carbocycles. The zero-order valence-electron chi connectivity index (χ0n) is 15.7. The summed E-state index contributed by atoms with van der Waals surface area (Å²) in [4.78, 5) is 19.0. The number of alkyl halides is 3. The van der Waals surface area contributed by atoms with Crippen molar-refractivity contribution in [3.8, 4) is 22.4 Å². The minimum absolute atomic E-state index is 0.0865. The van der Waals surface area contributed by atoms with E-state index in [0.29, 0.717) is 22.8 Å². The van der Waals surface area contributed by atoms with E-state index in [1.807, 2.05) is 0 Å². The lowest BCUT2D eigenvalue weighted by Gasteiger charge is -2.13. The van der Waals surface area contributed by atoms with Crippen molar-refractivity contribution in [2.45, 2.75) is 6.18 Å². The zero-order valence-corrected chi connectivity index (χ0v) is 15.7. The van der Waals surface area contributed by atoms with Gasteiger partial charge in [0, 0.05) is 36.6 Å². The number of pyridine rings is 2. The zero-order chi connectivity index (χ0) is 21.3. The molecule has 6 nitrogen and oxygen atoms in total. The molecule has 4 aromatic rings. The van der Waals surface area contributed by atoms with Gasteiger partial charge in [0.2, 0.25) is 5.56 Å². The van der Waals surface area contributed by atoms with Crippen LogP contribution in [0.4, 0.5) is 24.8 Å². The van der Waals surface area contributed by atoms with Crippen LogP contribution in [0.15, 0.2) is 71.8 Å². The third kappa shape index (κ3) is 3.95. The van der Waals surface area contributed by atoms with Gasteiger partial charge in [0.15, 0.2) is 0 Å². The van der Waals surface area contributed by atoms with Crippen LogP contribution in [0.25, 0.3) is 22.4 Å². The van der Waals surface area contributed by atoms with Crippen molar-refractivity contribution in [1.29, 1.82) is 0 Å². The molecule has 30 heavy (non-hydrogen) atoms. The molecule has 0 bridgehead atoms. The fourth-order valence-corrected chi connectivity index (χ4v) is 3.13. The predicted molar refractivity (Wildman–Crippen MR) is 107 cm³/mol. The van der Waals surface area contributed by atoms with Gasteiger partial charge >= 0.3 is 6.18 Å². The molecule has 3 aromatic heterocycles. The Bertz CT molecular complexity index is 1260. The molecule has 4 rings (SSSR count). The quantitative estimate of drug-likeness (QED) is 0.515. The van der Waals surface area contributed by atoms with Gasteiger partial charge in [0.05, 0.1) is 11.8 Å². The molecular weight excluding hydrogens is 395 g/mol. The summed E-state index contributed by atoms with van der Waals surface area (Å²) in [5.41, 5.74) is -0.217. The summed E-state index contributed by atoms with van der Waals surface area (Å²) < 4.78 is 41.9. The van der Waals surface area contributed by atoms with E-state index >= 15 is 0 Å². The molecule has 0 saturated heterocycles. The van der Waals surface area contributed by atoms with Gasteiger partial charge in [-0.3, -0.25) is 9.48 Å². The molecule has 152 valence electrons. The van der Waals surface area contributed by atoms with Gasteiger partial charge in [-0.25, -0.2) is 4.98 Å². The largest absolute Gasteiger partial charge is 0.417 e. The van der Waals surface area contributed by atoms with Crippen molar-refractivity contribution in [1.82, 2.24) is 19.7 Å². The minimum atomic E-state index is -4.54. The van der Waals surface area contributed by atoms with Crippen LogP contribution in [0.3, 0.4) is 0 Å². The van der Waals surface area contributed by atoms with E-state index in [1.165, 1.54) is 30.3 Å². The van der Waals surface area contributed by atoms with Crippen LogP contribution in [0.2, 0.25) is 0 Å². The van der Waals surface area contributed by atoms with E-state index in [9.17, 15) is 18.0 Å². The second-order valence-corrected chi connectivity index (χ2v) is 6.59. The van der Waals surface area contributed by atoms with Gasteiger partial charge in [-0.2, -0.15) is 18.3 Å². The van der Waals surface area contributed by atoms with Crippen molar-refractivity contribution in [3.05, 3.63) is 82.9 Å². The Hall–Kier alpha value is -3.88. The molecule has 0 aliphatic heterocycles. The van der Waals surface area contributed by atoms with Gasteiger partial charge < -0.3 is 10.3 Å². The Kier molecular flexibility index (Phi) is 4.86. The first-order valence-electron chi connectivity index (χ1n) is 8.94. The van der Waals surface area contributed by atoms with Crippen molar-refractivity contribution in [2.24, 2.45) is 7.05 Å². The maximum Gasteiger partial charge on any atom is 0.417 e. The number of hydrogen-bond donors (Lipinski definition) is 2. The fourth-order valence-electron chi connectivity index (χ4n) is 3.13. The number of aryl methyl sites for hydroxylation is 1. The van der Waals surface area contributed by atoms with E-state index in [1.54, 1.807) is 42.3 Å². The third-order valence-corrected chi connectivity index (χ3v) is 4.54. The SMILES string of the molecule is Cn1nccc1Nc1cc(-c2cc(-c3ccccc3C(F)(F)F)[nH]c(=O)c2)ccn1. The summed E-state index contributed by atoms with van der Waals surface area (Å²) in [6, 6.07) is 13.2. The second kappa shape index (κ2) is 7.51. The Morgan fingerprint density at radius 3 is 2.53 bits per heavy atom. The number of aromatic nitrogens is 4. The molecule has 0 saturated carbocycles. The molecular formula is C21H16F3N5O. The lowest BCUT2D eigenvalue weighted by Crippen LogP contribution is -2.10. The maximum absolute atomic E-state index is 13.4. The van der Waals surface area contributed by atoms with Gasteiger partial charge in [-0.15, -0.1) is 0 Å². The first-order chi connectivity index (χ1) is 14.3. The fraction of sp³-hybridized carbons (Fsp3) is 0.0952. The lowest BCUT2D eigenvalue weighted by molar-refractivity contribution is -0.137. The number of benzene rings is 1. The summed E-state index contributed by atoms with van der Waals surface area (Å²) in [5, 5.41) is 7.17. The number of nitrogens with one attached hydrogen (secondary N) is 2. The molecule has 0 unspecified atom stereocenters. The van der Waals surface area contributed by atoms with Crippen LogP contribution in [0.1, 0.15) is 5.56 Å². The highest BCUT2D eigenvalue weighted by Gasteiger charge is 2.33. The van der Waals surface area contributed by atoms with E-state index in [0.717, 1.165) is 6.07 Å². The van der Waals surface area contributed by atoms with Crippen molar-refractivity contribution >= 4 is 11.6 Å². The lowest BCUT2D eigenvalue weighted by atomic mass is 10.0. The number of hydrogen-bond acceptors (Lipinski definition) is 4. The Balaban J connectivity index is 1.76. The standard InChI is InChI=1S/C21H16F3N5O/c1-29-19(7-9-26-29)28-18-11-13(6-8-25-18)14-10-17(27-20(30)12-14)15-4-2-3-5-16(15)21(22,23)24/h2-12H,1H3,(H,25,28)(H,27,30). The van der Waals surface area contributed by atoms with Crippen LogP contribution in [0.5, 0.6) is 0 Å². The number of nitrogens with zero attached hydrogens (tertiary/aromatic N) is 3. The van der Waals surface area contributed by atoms with Crippen molar-refractivity contribution in [3.63, 3.8) is 0 Å². The van der Waals surface area contributed by atoms with E-state index in [2.05, 4.69) is 20.4 Å². The number of halogens is 3. The van der Waals surface area contributed by atoms with Gasteiger partial charge in [-0.05, 0) is 35.4 Å². The molecule has 0 spiro atoms. The van der Waals surface area contributed by atoms with Gasteiger partial charge in [0.25, 0.3) is 0 Å². The molecule has 0 aliphatic rings. The number of aromatic amines is 1. The molecule has 0 radical (unpaired) electrons. The smallest absolute Gasteiger partial charge is 0.325 e. The van der Waals surface area contributed by atoms with E-state index in [-0.39, 0.29) is 11.3 Å².